The molecule has 1 aliphatic rings. The van der Waals surface area contributed by atoms with Gasteiger partial charge >= 0.3 is 0 Å². The number of rotatable bonds is 6. The minimum atomic E-state index is -0.258. The Hall–Kier alpha value is -4.59. The van der Waals surface area contributed by atoms with Crippen LogP contribution in [0.15, 0.2) is 72.8 Å². The van der Waals surface area contributed by atoms with Gasteiger partial charge in [0, 0.05) is 23.1 Å². The summed E-state index contributed by atoms with van der Waals surface area (Å²) in [7, 11) is 0. The second-order valence-electron chi connectivity index (χ2n) is 8.16. The Kier molecular flexibility index (Phi) is 6.17. The summed E-state index contributed by atoms with van der Waals surface area (Å²) < 4.78 is 11.2. The standard InChI is InChI=1S/C27H25N5O3/c1-17-6-8-19(9-7-17)30-24-16-25(29-18(2)28-24)31-20-10-12-21(13-11-20)32-27(33)22-4-3-5-23-26(22)35-15-14-34-23/h3-13,16H,14-15H2,1-2H3,(H,32,33)(H2,28,29,30,31). The van der Waals surface area contributed by atoms with Gasteiger partial charge in [-0.1, -0.05) is 23.8 Å². The van der Waals surface area contributed by atoms with Crippen molar-refractivity contribution in [3.63, 3.8) is 0 Å². The molecule has 3 aromatic carbocycles. The van der Waals surface area contributed by atoms with Crippen molar-refractivity contribution < 1.29 is 14.3 Å². The van der Waals surface area contributed by atoms with Crippen molar-refractivity contribution in [1.29, 1.82) is 0 Å². The first-order valence-corrected chi connectivity index (χ1v) is 11.3. The van der Waals surface area contributed by atoms with Crippen LogP contribution in [0.3, 0.4) is 0 Å². The summed E-state index contributed by atoms with van der Waals surface area (Å²) >= 11 is 0. The molecule has 0 spiro atoms. The molecule has 0 radical (unpaired) electrons. The SMILES string of the molecule is Cc1ccc(Nc2cc(Nc3ccc(NC(=O)c4cccc5c4OCCO5)cc3)nc(C)n2)cc1. The normalized spacial score (nSPS) is 12.1. The van der Waals surface area contributed by atoms with Crippen LogP contribution in [0.5, 0.6) is 11.5 Å². The van der Waals surface area contributed by atoms with Crippen LogP contribution in [0, 0.1) is 13.8 Å². The van der Waals surface area contributed by atoms with Crippen LogP contribution in [0.25, 0.3) is 0 Å². The summed E-state index contributed by atoms with van der Waals surface area (Å²) in [5, 5.41) is 9.51. The highest BCUT2D eigenvalue weighted by atomic mass is 16.6. The second-order valence-corrected chi connectivity index (χ2v) is 8.16. The fourth-order valence-corrected chi connectivity index (χ4v) is 3.72. The zero-order chi connectivity index (χ0) is 24.2. The average molecular weight is 468 g/mol. The topological polar surface area (TPSA) is 97.4 Å². The number of ether oxygens (including phenoxy) is 2. The quantitative estimate of drug-likeness (QED) is 0.339. The highest BCUT2D eigenvalue weighted by Crippen LogP contribution is 2.34. The summed E-state index contributed by atoms with van der Waals surface area (Å²) in [5.74, 6) is 2.81. The van der Waals surface area contributed by atoms with Gasteiger partial charge in [0.1, 0.15) is 30.7 Å². The molecule has 1 aliphatic heterocycles. The van der Waals surface area contributed by atoms with Gasteiger partial charge < -0.3 is 25.4 Å². The van der Waals surface area contributed by atoms with Crippen LogP contribution >= 0.6 is 0 Å². The molecule has 0 bridgehead atoms. The molecule has 0 saturated carbocycles. The van der Waals surface area contributed by atoms with Crippen molar-refractivity contribution in [2.45, 2.75) is 13.8 Å². The Morgan fingerprint density at radius 2 is 1.37 bits per heavy atom. The lowest BCUT2D eigenvalue weighted by Gasteiger charge is -2.20. The van der Waals surface area contributed by atoms with Gasteiger partial charge in [-0.15, -0.1) is 0 Å². The van der Waals surface area contributed by atoms with Crippen LogP contribution < -0.4 is 25.4 Å². The van der Waals surface area contributed by atoms with Gasteiger partial charge in [-0.25, -0.2) is 9.97 Å². The Balaban J connectivity index is 1.26. The summed E-state index contributed by atoms with van der Waals surface area (Å²) in [6, 6.07) is 22.7. The van der Waals surface area contributed by atoms with Crippen molar-refractivity contribution in [2.75, 3.05) is 29.2 Å². The molecule has 0 atom stereocenters. The number of carbonyl (C=O) groups is 1. The van der Waals surface area contributed by atoms with E-state index in [0.717, 1.165) is 11.4 Å². The third-order valence-corrected chi connectivity index (χ3v) is 5.39. The number of fused-ring (bicyclic) bond motifs is 1. The lowest BCUT2D eigenvalue weighted by atomic mass is 10.1. The van der Waals surface area contributed by atoms with E-state index in [1.165, 1.54) is 5.56 Å². The van der Waals surface area contributed by atoms with E-state index in [2.05, 4.69) is 32.8 Å². The number of hydrogen-bond donors (Lipinski definition) is 3. The molecular weight excluding hydrogens is 442 g/mol. The number of benzene rings is 3. The number of carbonyl (C=O) groups excluding carboxylic acids is 1. The van der Waals surface area contributed by atoms with Crippen LogP contribution in [0.2, 0.25) is 0 Å². The molecule has 8 nitrogen and oxygen atoms in total. The number of aryl methyl sites for hydroxylation is 2. The van der Waals surface area contributed by atoms with Crippen LogP contribution in [-0.2, 0) is 0 Å². The van der Waals surface area contributed by atoms with Gasteiger partial charge in [0.2, 0.25) is 0 Å². The average Bonchev–Trinajstić information content (AvgIpc) is 2.86. The smallest absolute Gasteiger partial charge is 0.259 e. The Labute approximate surface area is 203 Å². The third-order valence-electron chi connectivity index (χ3n) is 5.39. The zero-order valence-electron chi connectivity index (χ0n) is 19.5. The molecule has 35 heavy (non-hydrogen) atoms. The van der Waals surface area contributed by atoms with E-state index in [0.29, 0.717) is 53.4 Å². The molecule has 0 aliphatic carbocycles. The molecule has 4 aromatic rings. The summed E-state index contributed by atoms with van der Waals surface area (Å²) in [6.45, 7) is 4.79. The second kappa shape index (κ2) is 9.72. The number of para-hydroxylation sites is 1. The van der Waals surface area contributed by atoms with Crippen molar-refractivity contribution in [3.05, 3.63) is 89.7 Å². The summed E-state index contributed by atoms with van der Waals surface area (Å²) in [5.41, 5.74) is 4.08. The number of anilines is 5. The Bertz CT molecular complexity index is 1350. The van der Waals surface area contributed by atoms with Gasteiger partial charge in [0.25, 0.3) is 5.91 Å². The van der Waals surface area contributed by atoms with Gasteiger partial charge in [-0.05, 0) is 62.4 Å². The van der Waals surface area contributed by atoms with E-state index in [-0.39, 0.29) is 5.91 Å². The molecule has 8 heteroatoms. The maximum Gasteiger partial charge on any atom is 0.259 e. The third kappa shape index (κ3) is 5.33. The van der Waals surface area contributed by atoms with Gasteiger partial charge in [0.05, 0.1) is 5.56 Å². The van der Waals surface area contributed by atoms with Crippen molar-refractivity contribution >= 4 is 34.6 Å². The van der Waals surface area contributed by atoms with E-state index in [9.17, 15) is 4.79 Å². The fraction of sp³-hybridized carbons (Fsp3) is 0.148. The van der Waals surface area contributed by atoms with Crippen molar-refractivity contribution in [2.24, 2.45) is 0 Å². The molecule has 3 N–H and O–H groups in total. The molecule has 176 valence electrons. The highest BCUT2D eigenvalue weighted by Gasteiger charge is 2.20. The highest BCUT2D eigenvalue weighted by molar-refractivity contribution is 6.06. The van der Waals surface area contributed by atoms with E-state index in [1.807, 2.05) is 61.5 Å². The van der Waals surface area contributed by atoms with Crippen LogP contribution in [0.1, 0.15) is 21.7 Å². The lowest BCUT2D eigenvalue weighted by molar-refractivity contribution is 0.101. The van der Waals surface area contributed by atoms with E-state index >= 15 is 0 Å². The molecule has 0 saturated heterocycles. The molecular formula is C27H25N5O3. The number of nitrogens with zero attached hydrogens (tertiary/aromatic N) is 2. The van der Waals surface area contributed by atoms with E-state index in [4.69, 9.17) is 9.47 Å². The monoisotopic (exact) mass is 467 g/mol. The first-order chi connectivity index (χ1) is 17.0. The van der Waals surface area contributed by atoms with Crippen LogP contribution in [0.4, 0.5) is 28.7 Å². The predicted molar refractivity (Wildman–Crippen MR) is 136 cm³/mol. The molecule has 5 rings (SSSR count). The van der Waals surface area contributed by atoms with Gasteiger partial charge in [-0.2, -0.15) is 0 Å². The largest absolute Gasteiger partial charge is 0.486 e. The Morgan fingerprint density at radius 1 is 0.771 bits per heavy atom. The number of nitrogens with one attached hydrogen (secondary N) is 3. The molecule has 0 fully saturated rings. The summed E-state index contributed by atoms with van der Waals surface area (Å²) in [4.78, 5) is 21.8. The van der Waals surface area contributed by atoms with Crippen molar-refractivity contribution in [3.8, 4) is 11.5 Å². The fourth-order valence-electron chi connectivity index (χ4n) is 3.72. The van der Waals surface area contributed by atoms with E-state index in [1.54, 1.807) is 18.2 Å². The first-order valence-electron chi connectivity index (χ1n) is 11.3. The maximum absolute atomic E-state index is 12.8. The molecule has 2 heterocycles. The number of amides is 1. The van der Waals surface area contributed by atoms with Gasteiger partial charge in [0.15, 0.2) is 11.5 Å². The van der Waals surface area contributed by atoms with Gasteiger partial charge in [-0.3, -0.25) is 4.79 Å². The minimum Gasteiger partial charge on any atom is -0.486 e. The lowest BCUT2D eigenvalue weighted by Crippen LogP contribution is -2.20. The maximum atomic E-state index is 12.8. The number of hydrogen-bond acceptors (Lipinski definition) is 7. The van der Waals surface area contributed by atoms with E-state index < -0.39 is 0 Å². The molecule has 1 aromatic heterocycles. The number of aromatic nitrogens is 2. The minimum absolute atomic E-state index is 0.258. The Morgan fingerprint density at radius 3 is 2.06 bits per heavy atom. The van der Waals surface area contributed by atoms with Crippen molar-refractivity contribution in [1.82, 2.24) is 9.97 Å². The molecule has 1 amide bonds. The molecule has 0 unspecified atom stereocenters. The predicted octanol–water partition coefficient (Wildman–Crippen LogP) is 5.60. The van der Waals surface area contributed by atoms with Crippen LogP contribution in [-0.4, -0.2) is 29.1 Å². The first kappa shape index (κ1) is 22.2. The zero-order valence-corrected chi connectivity index (χ0v) is 19.5. The summed E-state index contributed by atoms with van der Waals surface area (Å²) in [6.07, 6.45) is 0.